The van der Waals surface area contributed by atoms with E-state index in [1.54, 1.807) is 23.5 Å². The van der Waals surface area contributed by atoms with E-state index in [4.69, 9.17) is 0 Å². The zero-order valence-electron chi connectivity index (χ0n) is 15.8. The van der Waals surface area contributed by atoms with Crippen molar-refractivity contribution in [2.24, 2.45) is 0 Å². The van der Waals surface area contributed by atoms with E-state index in [9.17, 15) is 4.79 Å². The first kappa shape index (κ1) is 19.0. The molecule has 3 heterocycles. The van der Waals surface area contributed by atoms with Crippen LogP contribution in [0, 0.1) is 0 Å². The summed E-state index contributed by atoms with van der Waals surface area (Å²) < 4.78 is 0. The molecule has 140 valence electrons. The molecule has 0 fully saturated rings. The fourth-order valence-electron chi connectivity index (χ4n) is 2.80. The standard InChI is InChI=1S/C20H23N5OS/c1-4-24(5-2)20-22-13-15(14-23-20)25(6-3)19(26)18-11-10-17(27-18)16-9-7-8-12-21-16/h7-14H,4-6H2,1-3H3. The molecule has 0 aliphatic carbocycles. The Labute approximate surface area is 163 Å². The van der Waals surface area contributed by atoms with E-state index in [1.165, 1.54) is 11.3 Å². The Morgan fingerprint density at radius 3 is 2.30 bits per heavy atom. The summed E-state index contributed by atoms with van der Waals surface area (Å²) in [6, 6.07) is 9.55. The van der Waals surface area contributed by atoms with E-state index in [0.717, 1.165) is 23.7 Å². The maximum atomic E-state index is 13.0. The van der Waals surface area contributed by atoms with Crippen LogP contribution in [0.4, 0.5) is 11.6 Å². The fourth-order valence-corrected chi connectivity index (χ4v) is 3.73. The Morgan fingerprint density at radius 1 is 0.963 bits per heavy atom. The van der Waals surface area contributed by atoms with E-state index < -0.39 is 0 Å². The highest BCUT2D eigenvalue weighted by atomic mass is 32.1. The molecule has 3 aromatic heterocycles. The van der Waals surface area contributed by atoms with E-state index in [-0.39, 0.29) is 5.91 Å². The van der Waals surface area contributed by atoms with Crippen molar-refractivity contribution < 1.29 is 4.79 Å². The number of thiophene rings is 1. The van der Waals surface area contributed by atoms with Crippen molar-refractivity contribution in [3.8, 4) is 10.6 Å². The van der Waals surface area contributed by atoms with Gasteiger partial charge in [-0.2, -0.15) is 0 Å². The van der Waals surface area contributed by atoms with Gasteiger partial charge in [-0.25, -0.2) is 9.97 Å². The zero-order chi connectivity index (χ0) is 19.2. The molecule has 6 nitrogen and oxygen atoms in total. The summed E-state index contributed by atoms with van der Waals surface area (Å²) in [5.74, 6) is 0.629. The molecule has 0 radical (unpaired) electrons. The topological polar surface area (TPSA) is 62.2 Å². The lowest BCUT2D eigenvalue weighted by Gasteiger charge is -2.22. The molecule has 0 saturated heterocycles. The summed E-state index contributed by atoms with van der Waals surface area (Å²) in [7, 11) is 0. The SMILES string of the molecule is CCN(CC)c1ncc(N(CC)C(=O)c2ccc(-c3ccccn3)s2)cn1. The number of aromatic nitrogens is 3. The van der Waals surface area contributed by atoms with E-state index in [1.807, 2.05) is 37.3 Å². The Morgan fingerprint density at radius 2 is 1.70 bits per heavy atom. The minimum Gasteiger partial charge on any atom is -0.341 e. The van der Waals surface area contributed by atoms with E-state index in [0.29, 0.717) is 23.1 Å². The summed E-state index contributed by atoms with van der Waals surface area (Å²) in [5, 5.41) is 0. The highest BCUT2D eigenvalue weighted by Gasteiger charge is 2.20. The van der Waals surface area contributed by atoms with Crippen LogP contribution in [-0.4, -0.2) is 40.5 Å². The van der Waals surface area contributed by atoms with Gasteiger partial charge in [-0.05, 0) is 45.0 Å². The molecule has 0 bridgehead atoms. The van der Waals surface area contributed by atoms with Gasteiger partial charge in [-0.1, -0.05) is 6.07 Å². The van der Waals surface area contributed by atoms with Gasteiger partial charge >= 0.3 is 0 Å². The Kier molecular flexibility index (Phi) is 6.13. The Bertz CT molecular complexity index is 875. The van der Waals surface area contributed by atoms with Gasteiger partial charge in [0.05, 0.1) is 33.5 Å². The number of hydrogen-bond donors (Lipinski definition) is 0. The molecule has 27 heavy (non-hydrogen) atoms. The third kappa shape index (κ3) is 4.14. The molecule has 0 N–H and O–H groups in total. The first-order valence-corrected chi connectivity index (χ1v) is 9.89. The third-order valence-corrected chi connectivity index (χ3v) is 5.37. The predicted octanol–water partition coefficient (Wildman–Crippen LogP) is 4.11. The zero-order valence-corrected chi connectivity index (χ0v) is 16.6. The van der Waals surface area contributed by atoms with Crippen LogP contribution in [0.25, 0.3) is 10.6 Å². The molecular weight excluding hydrogens is 358 g/mol. The molecule has 0 aliphatic rings. The minimum atomic E-state index is -0.0520. The van der Waals surface area contributed by atoms with Crippen LogP contribution in [-0.2, 0) is 0 Å². The summed E-state index contributed by atoms with van der Waals surface area (Å²) >= 11 is 1.44. The van der Waals surface area contributed by atoms with Gasteiger partial charge in [-0.3, -0.25) is 9.78 Å². The summed E-state index contributed by atoms with van der Waals surface area (Å²) in [5.41, 5.74) is 1.57. The van der Waals surface area contributed by atoms with Crippen LogP contribution in [0.15, 0.2) is 48.9 Å². The quantitative estimate of drug-likeness (QED) is 0.616. The van der Waals surface area contributed by atoms with Crippen molar-refractivity contribution in [1.82, 2.24) is 15.0 Å². The number of carbonyl (C=O) groups excluding carboxylic acids is 1. The second-order valence-corrected chi connectivity index (χ2v) is 6.93. The molecule has 3 rings (SSSR count). The lowest BCUT2D eigenvalue weighted by Crippen LogP contribution is -2.30. The monoisotopic (exact) mass is 381 g/mol. The van der Waals surface area contributed by atoms with Gasteiger partial charge in [0.25, 0.3) is 5.91 Å². The smallest absolute Gasteiger partial charge is 0.268 e. The molecular formula is C20H23N5OS. The molecule has 0 unspecified atom stereocenters. The molecule has 0 aromatic carbocycles. The van der Waals surface area contributed by atoms with Crippen molar-refractivity contribution in [3.05, 3.63) is 53.8 Å². The van der Waals surface area contributed by atoms with Crippen LogP contribution >= 0.6 is 11.3 Å². The fraction of sp³-hybridized carbons (Fsp3) is 0.300. The van der Waals surface area contributed by atoms with E-state index >= 15 is 0 Å². The van der Waals surface area contributed by atoms with Crippen molar-refractivity contribution in [2.45, 2.75) is 20.8 Å². The maximum Gasteiger partial charge on any atom is 0.268 e. The van der Waals surface area contributed by atoms with Crippen LogP contribution in [0.5, 0.6) is 0 Å². The molecule has 7 heteroatoms. The lowest BCUT2D eigenvalue weighted by molar-refractivity contribution is 0.0992. The highest BCUT2D eigenvalue weighted by Crippen LogP contribution is 2.28. The van der Waals surface area contributed by atoms with E-state index in [2.05, 4.69) is 33.7 Å². The molecule has 0 saturated carbocycles. The number of pyridine rings is 1. The van der Waals surface area contributed by atoms with Crippen molar-refractivity contribution >= 4 is 28.9 Å². The summed E-state index contributed by atoms with van der Waals surface area (Å²) in [6.45, 7) is 8.32. The Hall–Kier alpha value is -2.80. The van der Waals surface area contributed by atoms with Crippen molar-refractivity contribution in [3.63, 3.8) is 0 Å². The van der Waals surface area contributed by atoms with Crippen LogP contribution < -0.4 is 9.80 Å². The summed E-state index contributed by atoms with van der Waals surface area (Å²) in [6.07, 6.45) is 5.19. The number of nitrogens with zero attached hydrogens (tertiary/aromatic N) is 5. The second kappa shape index (κ2) is 8.73. The lowest BCUT2D eigenvalue weighted by atomic mass is 10.3. The maximum absolute atomic E-state index is 13.0. The van der Waals surface area contributed by atoms with Crippen molar-refractivity contribution in [1.29, 1.82) is 0 Å². The summed E-state index contributed by atoms with van der Waals surface area (Å²) in [4.78, 5) is 31.6. The number of carbonyl (C=O) groups is 1. The second-order valence-electron chi connectivity index (χ2n) is 5.84. The van der Waals surface area contributed by atoms with Gasteiger partial charge < -0.3 is 9.80 Å². The van der Waals surface area contributed by atoms with Gasteiger partial charge in [0, 0.05) is 25.8 Å². The average molecular weight is 382 g/mol. The number of amides is 1. The molecule has 1 amide bonds. The highest BCUT2D eigenvalue weighted by molar-refractivity contribution is 7.17. The predicted molar refractivity (Wildman–Crippen MR) is 110 cm³/mol. The molecule has 0 atom stereocenters. The number of rotatable bonds is 7. The largest absolute Gasteiger partial charge is 0.341 e. The van der Waals surface area contributed by atoms with Crippen LogP contribution in [0.1, 0.15) is 30.4 Å². The van der Waals surface area contributed by atoms with Gasteiger partial charge in [0.2, 0.25) is 5.95 Å². The van der Waals surface area contributed by atoms with Crippen LogP contribution in [0.2, 0.25) is 0 Å². The molecule has 0 spiro atoms. The molecule has 3 aromatic rings. The van der Waals surface area contributed by atoms with Gasteiger partial charge in [-0.15, -0.1) is 11.3 Å². The Balaban J connectivity index is 1.81. The van der Waals surface area contributed by atoms with Gasteiger partial charge in [0.15, 0.2) is 0 Å². The first-order valence-electron chi connectivity index (χ1n) is 9.08. The average Bonchev–Trinajstić information content (AvgIpc) is 3.21. The number of hydrogen-bond acceptors (Lipinski definition) is 6. The van der Waals surface area contributed by atoms with Gasteiger partial charge in [0.1, 0.15) is 0 Å². The van der Waals surface area contributed by atoms with Crippen molar-refractivity contribution in [2.75, 3.05) is 29.4 Å². The van der Waals surface area contributed by atoms with Crippen LogP contribution in [0.3, 0.4) is 0 Å². The number of anilines is 2. The normalized spacial score (nSPS) is 10.6. The minimum absolute atomic E-state index is 0.0520. The third-order valence-electron chi connectivity index (χ3n) is 4.28. The first-order chi connectivity index (χ1) is 13.2. The molecule has 0 aliphatic heterocycles.